The molecule has 1 aromatic rings. The van der Waals surface area contributed by atoms with E-state index in [0.29, 0.717) is 12.2 Å². The second-order valence-electron chi connectivity index (χ2n) is 4.43. The molecule has 1 atom stereocenters. The van der Waals surface area contributed by atoms with Gasteiger partial charge >= 0.3 is 0 Å². The van der Waals surface area contributed by atoms with Crippen LogP contribution in [0.4, 0.5) is 0 Å². The van der Waals surface area contributed by atoms with Crippen molar-refractivity contribution in [2.45, 2.75) is 24.3 Å². The van der Waals surface area contributed by atoms with Gasteiger partial charge in [0.05, 0.1) is 24.7 Å². The summed E-state index contributed by atoms with van der Waals surface area (Å²) in [4.78, 5) is 0.178. The molecule has 0 saturated heterocycles. The molecule has 0 radical (unpaired) electrons. The van der Waals surface area contributed by atoms with Crippen LogP contribution in [0.1, 0.15) is 12.0 Å². The number of hydrogen-bond acceptors (Lipinski definition) is 5. The van der Waals surface area contributed by atoms with Gasteiger partial charge in [-0.1, -0.05) is 0 Å². The fourth-order valence-corrected chi connectivity index (χ4v) is 2.87. The predicted octanol–water partition coefficient (Wildman–Crippen LogP) is 0.679. The van der Waals surface area contributed by atoms with Crippen LogP contribution in [0, 0.1) is 6.92 Å². The van der Waals surface area contributed by atoms with Gasteiger partial charge in [-0.3, -0.25) is 0 Å². The van der Waals surface area contributed by atoms with Crippen molar-refractivity contribution in [2.24, 2.45) is 0 Å². The van der Waals surface area contributed by atoms with E-state index in [0.717, 1.165) is 5.56 Å². The molecule has 2 N–H and O–H groups in total. The minimum Gasteiger partial charge on any atom is -0.496 e. The van der Waals surface area contributed by atoms with Gasteiger partial charge in [0.1, 0.15) is 5.75 Å². The lowest BCUT2D eigenvalue weighted by Gasteiger charge is -2.12. The molecular weight excluding hydrogens is 282 g/mol. The van der Waals surface area contributed by atoms with Crippen LogP contribution >= 0.6 is 0 Å². The number of sulfonamides is 1. The van der Waals surface area contributed by atoms with Crippen LogP contribution in [-0.2, 0) is 14.8 Å². The molecule has 0 aromatic heterocycles. The summed E-state index contributed by atoms with van der Waals surface area (Å²) in [5.41, 5.74) is 0.745. The van der Waals surface area contributed by atoms with Crippen molar-refractivity contribution in [1.82, 2.24) is 4.72 Å². The fourth-order valence-electron chi connectivity index (χ4n) is 1.74. The average molecular weight is 303 g/mol. The maximum atomic E-state index is 12.1. The summed E-state index contributed by atoms with van der Waals surface area (Å²) in [6, 6.07) is 4.65. The van der Waals surface area contributed by atoms with Crippen LogP contribution in [0.5, 0.6) is 5.75 Å². The third-order valence-corrected chi connectivity index (χ3v) is 4.26. The zero-order valence-electron chi connectivity index (χ0n) is 11.9. The van der Waals surface area contributed by atoms with Gasteiger partial charge in [-0.2, -0.15) is 0 Å². The third kappa shape index (κ3) is 4.75. The molecule has 0 heterocycles. The number of aryl methyl sites for hydroxylation is 1. The molecule has 1 unspecified atom stereocenters. The monoisotopic (exact) mass is 303 g/mol. The normalized spacial score (nSPS) is 13.2. The highest BCUT2D eigenvalue weighted by molar-refractivity contribution is 7.89. The Kier molecular flexibility index (Phi) is 6.41. The van der Waals surface area contributed by atoms with Crippen LogP contribution < -0.4 is 9.46 Å². The molecule has 6 nitrogen and oxygen atoms in total. The van der Waals surface area contributed by atoms with Crippen molar-refractivity contribution in [1.29, 1.82) is 0 Å². The van der Waals surface area contributed by atoms with E-state index in [2.05, 4.69) is 4.72 Å². The number of ether oxygens (including phenoxy) is 2. The van der Waals surface area contributed by atoms with E-state index in [9.17, 15) is 13.5 Å². The molecule has 114 valence electrons. The Morgan fingerprint density at radius 2 is 2.05 bits per heavy atom. The van der Waals surface area contributed by atoms with Gasteiger partial charge < -0.3 is 14.6 Å². The Balaban J connectivity index is 2.67. The van der Waals surface area contributed by atoms with Crippen LogP contribution in [0.25, 0.3) is 0 Å². The van der Waals surface area contributed by atoms with Crippen molar-refractivity contribution in [3.63, 3.8) is 0 Å². The van der Waals surface area contributed by atoms with Crippen molar-refractivity contribution in [3.8, 4) is 5.75 Å². The third-order valence-electron chi connectivity index (χ3n) is 2.81. The Labute approximate surface area is 119 Å². The molecule has 0 aliphatic heterocycles. The van der Waals surface area contributed by atoms with Crippen LogP contribution in [0.3, 0.4) is 0 Å². The second kappa shape index (κ2) is 7.58. The van der Waals surface area contributed by atoms with E-state index >= 15 is 0 Å². The van der Waals surface area contributed by atoms with Gasteiger partial charge in [-0.25, -0.2) is 13.1 Å². The highest BCUT2D eigenvalue weighted by Gasteiger charge is 2.15. The standard InChI is InChI=1S/C13H21NO5S/c1-10-8-12(4-5-13(10)19-3)20(16,17)14-7-6-11(15)9-18-2/h4-5,8,11,14-15H,6-7,9H2,1-3H3. The van der Waals surface area contributed by atoms with Gasteiger partial charge in [-0.05, 0) is 37.1 Å². The molecule has 7 heteroatoms. The Bertz CT molecular complexity index is 530. The Morgan fingerprint density at radius 3 is 2.60 bits per heavy atom. The molecule has 0 spiro atoms. The van der Waals surface area contributed by atoms with Gasteiger partial charge in [0, 0.05) is 13.7 Å². The second-order valence-corrected chi connectivity index (χ2v) is 6.19. The molecule has 0 saturated carbocycles. The molecule has 0 amide bonds. The number of aliphatic hydroxyl groups is 1. The molecule has 20 heavy (non-hydrogen) atoms. The molecule has 1 rings (SSSR count). The number of rotatable bonds is 8. The van der Waals surface area contributed by atoms with Crippen molar-refractivity contribution in [3.05, 3.63) is 23.8 Å². The first kappa shape index (κ1) is 16.9. The maximum absolute atomic E-state index is 12.1. The summed E-state index contributed by atoms with van der Waals surface area (Å²) >= 11 is 0. The Hall–Kier alpha value is -1.15. The van der Waals surface area contributed by atoms with E-state index < -0.39 is 16.1 Å². The summed E-state index contributed by atoms with van der Waals surface area (Å²) in [7, 11) is -0.562. The molecule has 1 aromatic carbocycles. The van der Waals surface area contributed by atoms with E-state index in [1.807, 2.05) is 0 Å². The first-order valence-electron chi connectivity index (χ1n) is 6.22. The summed E-state index contributed by atoms with van der Waals surface area (Å²) < 4.78 is 36.4. The first-order valence-corrected chi connectivity index (χ1v) is 7.70. The van der Waals surface area contributed by atoms with E-state index in [-0.39, 0.29) is 18.0 Å². The van der Waals surface area contributed by atoms with Crippen LogP contribution in [0.2, 0.25) is 0 Å². The summed E-state index contributed by atoms with van der Waals surface area (Å²) in [5, 5.41) is 9.45. The van der Waals surface area contributed by atoms with Gasteiger partial charge in [0.25, 0.3) is 0 Å². The topological polar surface area (TPSA) is 84.9 Å². The summed E-state index contributed by atoms with van der Waals surface area (Å²) in [6.07, 6.45) is -0.386. The highest BCUT2D eigenvalue weighted by atomic mass is 32.2. The van der Waals surface area contributed by atoms with Gasteiger partial charge in [0.15, 0.2) is 0 Å². The van der Waals surface area contributed by atoms with Crippen molar-refractivity contribution < 1.29 is 23.0 Å². The molecule has 0 aliphatic carbocycles. The predicted molar refractivity (Wildman–Crippen MR) is 75.4 cm³/mol. The lowest BCUT2D eigenvalue weighted by molar-refractivity contribution is 0.0603. The first-order chi connectivity index (χ1) is 9.40. The molecular formula is C13H21NO5S. The zero-order chi connectivity index (χ0) is 15.2. The number of methoxy groups -OCH3 is 2. The minimum absolute atomic E-state index is 0.151. The Morgan fingerprint density at radius 1 is 1.35 bits per heavy atom. The molecule has 0 fully saturated rings. The van der Waals surface area contributed by atoms with Crippen molar-refractivity contribution in [2.75, 3.05) is 27.4 Å². The fraction of sp³-hybridized carbons (Fsp3) is 0.538. The van der Waals surface area contributed by atoms with E-state index in [1.54, 1.807) is 19.1 Å². The number of hydrogen-bond donors (Lipinski definition) is 2. The lowest BCUT2D eigenvalue weighted by Crippen LogP contribution is -2.28. The van der Waals surface area contributed by atoms with Crippen molar-refractivity contribution >= 4 is 10.0 Å². The summed E-state index contributed by atoms with van der Waals surface area (Å²) in [6.45, 7) is 2.11. The maximum Gasteiger partial charge on any atom is 0.240 e. The van der Waals surface area contributed by atoms with Crippen LogP contribution in [0.15, 0.2) is 23.1 Å². The highest BCUT2D eigenvalue weighted by Crippen LogP contribution is 2.21. The molecule has 0 aliphatic rings. The van der Waals surface area contributed by atoms with E-state index in [4.69, 9.17) is 9.47 Å². The SMILES string of the molecule is COCC(O)CCNS(=O)(=O)c1ccc(OC)c(C)c1. The van der Waals surface area contributed by atoms with Gasteiger partial charge in [0.2, 0.25) is 10.0 Å². The largest absolute Gasteiger partial charge is 0.496 e. The number of aliphatic hydroxyl groups excluding tert-OH is 1. The summed E-state index contributed by atoms with van der Waals surface area (Å²) in [5.74, 6) is 0.638. The minimum atomic E-state index is -3.58. The van der Waals surface area contributed by atoms with Gasteiger partial charge in [-0.15, -0.1) is 0 Å². The number of nitrogens with one attached hydrogen (secondary N) is 1. The zero-order valence-corrected chi connectivity index (χ0v) is 12.7. The van der Waals surface area contributed by atoms with Crippen LogP contribution in [-0.4, -0.2) is 47.0 Å². The lowest BCUT2D eigenvalue weighted by atomic mass is 10.2. The van der Waals surface area contributed by atoms with E-state index in [1.165, 1.54) is 20.3 Å². The quantitative estimate of drug-likeness (QED) is 0.737. The molecule has 0 bridgehead atoms. The smallest absolute Gasteiger partial charge is 0.240 e. The number of benzene rings is 1. The average Bonchev–Trinajstić information content (AvgIpc) is 2.38.